The molecule has 0 radical (unpaired) electrons. The third kappa shape index (κ3) is 2.57. The molecule has 1 aliphatic rings. The van der Waals surface area contributed by atoms with Gasteiger partial charge in [0.25, 0.3) is 5.91 Å². The summed E-state index contributed by atoms with van der Waals surface area (Å²) in [6, 6.07) is 1.03. The molecule has 20 heavy (non-hydrogen) atoms. The Morgan fingerprint density at radius 3 is 2.55 bits per heavy atom. The van der Waals surface area contributed by atoms with Crippen LogP contribution in [-0.4, -0.2) is 34.5 Å². The van der Waals surface area contributed by atoms with E-state index < -0.39 is 12.0 Å². The van der Waals surface area contributed by atoms with Crippen molar-refractivity contribution in [1.82, 2.24) is 4.90 Å². The molecule has 1 aromatic rings. The SMILES string of the molecule is Cc1oc(C(C)(C)C)cc1C(=O)N1CCC[C@@H]1C(=O)O. The molecule has 1 saturated heterocycles. The minimum Gasteiger partial charge on any atom is -0.480 e. The highest BCUT2D eigenvalue weighted by atomic mass is 16.4. The molecule has 110 valence electrons. The van der Waals surface area contributed by atoms with E-state index in [9.17, 15) is 9.59 Å². The van der Waals surface area contributed by atoms with Gasteiger partial charge in [0, 0.05) is 12.0 Å². The van der Waals surface area contributed by atoms with Crippen molar-refractivity contribution >= 4 is 11.9 Å². The summed E-state index contributed by atoms with van der Waals surface area (Å²) in [7, 11) is 0. The van der Waals surface area contributed by atoms with E-state index in [-0.39, 0.29) is 11.3 Å². The number of likely N-dealkylation sites (tertiary alicyclic amines) is 1. The van der Waals surface area contributed by atoms with Crippen LogP contribution in [0.25, 0.3) is 0 Å². The summed E-state index contributed by atoms with van der Waals surface area (Å²) in [6.45, 7) is 8.26. The van der Waals surface area contributed by atoms with Gasteiger partial charge in [-0.25, -0.2) is 4.79 Å². The van der Waals surface area contributed by atoms with Crippen molar-refractivity contribution in [2.75, 3.05) is 6.54 Å². The third-order valence-electron chi connectivity index (χ3n) is 3.69. The predicted molar refractivity (Wildman–Crippen MR) is 73.8 cm³/mol. The molecule has 1 atom stereocenters. The Kier molecular flexibility index (Phi) is 3.63. The quantitative estimate of drug-likeness (QED) is 0.903. The monoisotopic (exact) mass is 279 g/mol. The van der Waals surface area contributed by atoms with Crippen LogP contribution in [0.4, 0.5) is 0 Å². The van der Waals surface area contributed by atoms with Crippen LogP contribution in [0, 0.1) is 6.92 Å². The van der Waals surface area contributed by atoms with E-state index in [4.69, 9.17) is 9.52 Å². The molecule has 1 N–H and O–H groups in total. The van der Waals surface area contributed by atoms with E-state index in [0.717, 1.165) is 12.2 Å². The van der Waals surface area contributed by atoms with Gasteiger partial charge in [-0.1, -0.05) is 20.8 Å². The number of aryl methyl sites for hydroxylation is 1. The van der Waals surface area contributed by atoms with Crippen LogP contribution in [0.1, 0.15) is 55.5 Å². The van der Waals surface area contributed by atoms with Gasteiger partial charge < -0.3 is 14.4 Å². The maximum absolute atomic E-state index is 12.5. The molecular weight excluding hydrogens is 258 g/mol. The van der Waals surface area contributed by atoms with E-state index in [1.54, 1.807) is 13.0 Å². The summed E-state index contributed by atoms with van der Waals surface area (Å²) in [5, 5.41) is 9.17. The number of carbonyl (C=O) groups is 2. The Morgan fingerprint density at radius 1 is 1.40 bits per heavy atom. The Morgan fingerprint density at radius 2 is 2.05 bits per heavy atom. The first-order valence-electron chi connectivity index (χ1n) is 6.86. The lowest BCUT2D eigenvalue weighted by molar-refractivity contribution is -0.141. The molecule has 5 heteroatoms. The first-order chi connectivity index (χ1) is 9.21. The minimum absolute atomic E-state index is 0.180. The van der Waals surface area contributed by atoms with Crippen LogP contribution in [0.2, 0.25) is 0 Å². The minimum atomic E-state index is -0.937. The number of hydrogen-bond acceptors (Lipinski definition) is 3. The molecule has 0 aromatic carbocycles. The zero-order valence-electron chi connectivity index (χ0n) is 12.4. The number of carboxylic acids is 1. The van der Waals surface area contributed by atoms with Crippen LogP contribution >= 0.6 is 0 Å². The molecule has 1 amide bonds. The molecule has 0 unspecified atom stereocenters. The van der Waals surface area contributed by atoms with Gasteiger partial charge in [0.2, 0.25) is 0 Å². The van der Waals surface area contributed by atoms with Gasteiger partial charge in [-0.3, -0.25) is 4.79 Å². The van der Waals surface area contributed by atoms with Crippen molar-refractivity contribution in [2.45, 2.75) is 52.0 Å². The maximum atomic E-state index is 12.5. The van der Waals surface area contributed by atoms with Crippen LogP contribution in [0.5, 0.6) is 0 Å². The highest BCUT2D eigenvalue weighted by Gasteiger charge is 2.36. The molecule has 1 aliphatic heterocycles. The number of hydrogen-bond donors (Lipinski definition) is 1. The normalized spacial score (nSPS) is 19.4. The Balaban J connectivity index is 2.30. The molecule has 5 nitrogen and oxygen atoms in total. The fourth-order valence-electron chi connectivity index (χ4n) is 2.49. The van der Waals surface area contributed by atoms with Crippen molar-refractivity contribution in [3.8, 4) is 0 Å². The maximum Gasteiger partial charge on any atom is 0.326 e. The second-order valence-corrected chi connectivity index (χ2v) is 6.33. The van der Waals surface area contributed by atoms with E-state index in [1.165, 1.54) is 4.90 Å². The zero-order chi connectivity index (χ0) is 15.1. The Bertz CT molecular complexity index is 539. The van der Waals surface area contributed by atoms with Crippen molar-refractivity contribution in [1.29, 1.82) is 0 Å². The van der Waals surface area contributed by atoms with Crippen molar-refractivity contribution < 1.29 is 19.1 Å². The van der Waals surface area contributed by atoms with Crippen LogP contribution in [-0.2, 0) is 10.2 Å². The number of aliphatic carboxylic acids is 1. The molecule has 0 bridgehead atoms. The van der Waals surface area contributed by atoms with E-state index in [2.05, 4.69) is 0 Å². The third-order valence-corrected chi connectivity index (χ3v) is 3.69. The summed E-state index contributed by atoms with van der Waals surface area (Å²) in [5.74, 6) is 0.111. The number of carbonyl (C=O) groups excluding carboxylic acids is 1. The van der Waals surface area contributed by atoms with Gasteiger partial charge in [-0.05, 0) is 25.8 Å². The number of nitrogens with zero attached hydrogens (tertiary/aromatic N) is 1. The summed E-state index contributed by atoms with van der Waals surface area (Å²) >= 11 is 0. The number of amides is 1. The smallest absolute Gasteiger partial charge is 0.326 e. The van der Waals surface area contributed by atoms with Crippen molar-refractivity contribution in [3.05, 3.63) is 23.2 Å². The lowest BCUT2D eigenvalue weighted by Crippen LogP contribution is -2.40. The largest absolute Gasteiger partial charge is 0.480 e. The van der Waals surface area contributed by atoms with Gasteiger partial charge in [0.1, 0.15) is 17.6 Å². The molecule has 1 aromatic heterocycles. The molecule has 0 spiro atoms. The average molecular weight is 279 g/mol. The van der Waals surface area contributed by atoms with Crippen LogP contribution in [0.3, 0.4) is 0 Å². The van der Waals surface area contributed by atoms with Gasteiger partial charge in [-0.2, -0.15) is 0 Å². The second kappa shape index (κ2) is 4.96. The summed E-state index contributed by atoms with van der Waals surface area (Å²) in [6.07, 6.45) is 1.25. The molecule has 0 saturated carbocycles. The highest BCUT2D eigenvalue weighted by molar-refractivity contribution is 5.97. The summed E-state index contributed by atoms with van der Waals surface area (Å²) in [4.78, 5) is 25.1. The number of furan rings is 1. The fourth-order valence-corrected chi connectivity index (χ4v) is 2.49. The first-order valence-corrected chi connectivity index (χ1v) is 6.86. The summed E-state index contributed by atoms with van der Waals surface area (Å²) in [5.41, 5.74) is 0.295. The lowest BCUT2D eigenvalue weighted by atomic mass is 9.93. The van der Waals surface area contributed by atoms with E-state index in [0.29, 0.717) is 24.3 Å². The molecule has 0 aliphatic carbocycles. The molecule has 2 rings (SSSR count). The Hall–Kier alpha value is -1.78. The average Bonchev–Trinajstić information content (AvgIpc) is 2.92. The Labute approximate surface area is 118 Å². The molecule has 1 fully saturated rings. The summed E-state index contributed by atoms with van der Waals surface area (Å²) < 4.78 is 5.66. The van der Waals surface area contributed by atoms with Crippen LogP contribution in [0.15, 0.2) is 10.5 Å². The second-order valence-electron chi connectivity index (χ2n) is 6.33. The topological polar surface area (TPSA) is 70.8 Å². The van der Waals surface area contributed by atoms with Gasteiger partial charge in [0.05, 0.1) is 5.56 Å². The predicted octanol–water partition coefficient (Wildman–Crippen LogP) is 2.57. The van der Waals surface area contributed by atoms with Gasteiger partial charge in [0.15, 0.2) is 0 Å². The van der Waals surface area contributed by atoms with Crippen molar-refractivity contribution in [3.63, 3.8) is 0 Å². The van der Waals surface area contributed by atoms with Crippen LogP contribution < -0.4 is 0 Å². The highest BCUT2D eigenvalue weighted by Crippen LogP contribution is 2.29. The lowest BCUT2D eigenvalue weighted by Gasteiger charge is -2.20. The number of carboxylic acid groups (broad SMARTS) is 1. The number of rotatable bonds is 2. The van der Waals surface area contributed by atoms with Crippen molar-refractivity contribution in [2.24, 2.45) is 0 Å². The van der Waals surface area contributed by atoms with E-state index in [1.807, 2.05) is 20.8 Å². The van der Waals surface area contributed by atoms with E-state index >= 15 is 0 Å². The fraction of sp³-hybridized carbons (Fsp3) is 0.600. The molecular formula is C15H21NO4. The first kappa shape index (κ1) is 14.6. The van der Waals surface area contributed by atoms with Gasteiger partial charge in [-0.15, -0.1) is 0 Å². The standard InChI is InChI=1S/C15H21NO4/c1-9-10(8-12(20-9)15(2,3)4)13(17)16-7-5-6-11(16)14(18)19/h8,11H,5-7H2,1-4H3,(H,18,19)/t11-/m1/s1. The van der Waals surface area contributed by atoms with Gasteiger partial charge >= 0.3 is 5.97 Å². The zero-order valence-corrected chi connectivity index (χ0v) is 12.4. The molecule has 2 heterocycles.